The zero-order chi connectivity index (χ0) is 16.2. The number of rotatable bonds is 3. The van der Waals surface area contributed by atoms with Crippen molar-refractivity contribution in [3.8, 4) is 5.88 Å². The van der Waals surface area contributed by atoms with E-state index in [2.05, 4.69) is 25.4 Å². The highest BCUT2D eigenvalue weighted by Crippen LogP contribution is 2.17. The quantitative estimate of drug-likeness (QED) is 0.893. The lowest BCUT2D eigenvalue weighted by Gasteiger charge is -2.35. The number of carbonyl (C=O) groups is 1. The Bertz CT molecular complexity index is 666. The average molecular weight is 337 g/mol. The second kappa shape index (κ2) is 6.74. The van der Waals surface area contributed by atoms with Gasteiger partial charge in [-0.1, -0.05) is 11.6 Å². The molecule has 2 N–H and O–H groups in total. The second-order valence-corrected chi connectivity index (χ2v) is 5.50. The minimum absolute atomic E-state index is 0.167. The van der Waals surface area contributed by atoms with Crippen LogP contribution in [0.4, 0.5) is 16.4 Å². The maximum Gasteiger partial charge on any atom is 0.323 e. The molecule has 0 bridgehead atoms. The van der Waals surface area contributed by atoms with Crippen LogP contribution in [0.5, 0.6) is 5.88 Å². The summed E-state index contributed by atoms with van der Waals surface area (Å²) >= 11 is 5.85. The first-order valence-corrected chi connectivity index (χ1v) is 7.55. The minimum Gasteiger partial charge on any atom is -0.480 e. The summed E-state index contributed by atoms with van der Waals surface area (Å²) in [7, 11) is 1.52. The standard InChI is InChI=1S/C14H17ClN6O2/c1-23-13-8-11(18-19-13)17-14(22)21-6-4-20(5-7-21)12-3-2-10(15)9-16-12/h2-3,8-9H,4-7H2,1H3,(H2,17,18,19,22). The molecule has 2 aromatic rings. The zero-order valence-electron chi connectivity index (χ0n) is 12.6. The average Bonchev–Trinajstić information content (AvgIpc) is 3.03. The SMILES string of the molecule is COc1cc(NC(=O)N2CCN(c3ccc(Cl)cn3)CC2)[nH]n1. The number of H-pyrrole nitrogens is 1. The Morgan fingerprint density at radius 3 is 2.74 bits per heavy atom. The number of urea groups is 1. The largest absolute Gasteiger partial charge is 0.480 e. The number of hydrogen-bond acceptors (Lipinski definition) is 5. The number of nitrogens with zero attached hydrogens (tertiary/aromatic N) is 4. The van der Waals surface area contributed by atoms with Gasteiger partial charge in [-0.3, -0.25) is 10.4 Å². The number of hydrogen-bond donors (Lipinski definition) is 2. The van der Waals surface area contributed by atoms with Gasteiger partial charge >= 0.3 is 6.03 Å². The fourth-order valence-corrected chi connectivity index (χ4v) is 2.47. The number of anilines is 2. The lowest BCUT2D eigenvalue weighted by molar-refractivity contribution is 0.208. The monoisotopic (exact) mass is 336 g/mol. The van der Waals surface area contributed by atoms with Gasteiger partial charge in [0.05, 0.1) is 12.1 Å². The molecule has 0 saturated carbocycles. The molecule has 1 aliphatic heterocycles. The van der Waals surface area contributed by atoms with Gasteiger partial charge in [-0.15, -0.1) is 5.10 Å². The molecule has 122 valence electrons. The summed E-state index contributed by atoms with van der Waals surface area (Å²) in [4.78, 5) is 20.4. The molecule has 3 heterocycles. The lowest BCUT2D eigenvalue weighted by atomic mass is 10.3. The Morgan fingerprint density at radius 2 is 2.13 bits per heavy atom. The third-order valence-corrected chi connectivity index (χ3v) is 3.83. The highest BCUT2D eigenvalue weighted by atomic mass is 35.5. The van der Waals surface area contributed by atoms with Gasteiger partial charge in [0, 0.05) is 38.4 Å². The third kappa shape index (κ3) is 3.65. The molecule has 9 heteroatoms. The van der Waals surface area contributed by atoms with Gasteiger partial charge in [0.2, 0.25) is 5.88 Å². The molecule has 1 fully saturated rings. The summed E-state index contributed by atoms with van der Waals surface area (Å²) < 4.78 is 4.96. The Balaban J connectivity index is 1.53. The van der Waals surface area contributed by atoms with Crippen LogP contribution in [-0.4, -0.2) is 59.4 Å². The summed E-state index contributed by atoms with van der Waals surface area (Å²) in [5.74, 6) is 1.81. The van der Waals surface area contributed by atoms with E-state index in [0.717, 1.165) is 5.82 Å². The van der Waals surface area contributed by atoms with E-state index in [9.17, 15) is 4.79 Å². The number of carbonyl (C=O) groups excluding carboxylic acids is 1. The van der Waals surface area contributed by atoms with E-state index in [4.69, 9.17) is 16.3 Å². The maximum absolute atomic E-state index is 12.2. The molecule has 2 amide bonds. The maximum atomic E-state index is 12.2. The number of amides is 2. The predicted octanol–water partition coefficient (Wildman–Crippen LogP) is 1.82. The van der Waals surface area contributed by atoms with Crippen molar-refractivity contribution >= 4 is 29.3 Å². The molecule has 0 spiro atoms. The van der Waals surface area contributed by atoms with Gasteiger partial charge < -0.3 is 14.5 Å². The van der Waals surface area contributed by atoms with Crippen molar-refractivity contribution in [2.24, 2.45) is 0 Å². The molecule has 0 aromatic carbocycles. The van der Waals surface area contributed by atoms with Crippen molar-refractivity contribution in [3.63, 3.8) is 0 Å². The number of piperazine rings is 1. The molecule has 1 aliphatic rings. The van der Waals surface area contributed by atoms with Gasteiger partial charge in [-0.2, -0.15) is 0 Å². The van der Waals surface area contributed by atoms with Crippen LogP contribution in [0.1, 0.15) is 0 Å². The van der Waals surface area contributed by atoms with Gasteiger partial charge in [0.15, 0.2) is 0 Å². The molecular weight excluding hydrogens is 320 g/mol. The van der Waals surface area contributed by atoms with Crippen LogP contribution in [-0.2, 0) is 0 Å². The first kappa shape index (κ1) is 15.4. The second-order valence-electron chi connectivity index (χ2n) is 5.06. The van der Waals surface area contributed by atoms with Crippen LogP contribution in [0.15, 0.2) is 24.4 Å². The minimum atomic E-state index is -0.167. The van der Waals surface area contributed by atoms with Crippen molar-refractivity contribution < 1.29 is 9.53 Å². The summed E-state index contributed by atoms with van der Waals surface area (Å²) in [5, 5.41) is 9.96. The van der Waals surface area contributed by atoms with Crippen LogP contribution in [0, 0.1) is 0 Å². The number of aromatic amines is 1. The van der Waals surface area contributed by atoms with Gasteiger partial charge in [0.1, 0.15) is 11.6 Å². The summed E-state index contributed by atoms with van der Waals surface area (Å²) in [6, 6.07) is 5.16. The summed E-state index contributed by atoms with van der Waals surface area (Å²) in [6.45, 7) is 2.66. The van der Waals surface area contributed by atoms with E-state index >= 15 is 0 Å². The molecule has 2 aromatic heterocycles. The number of pyridine rings is 1. The first-order valence-electron chi connectivity index (χ1n) is 7.17. The molecule has 0 aliphatic carbocycles. The highest BCUT2D eigenvalue weighted by molar-refractivity contribution is 6.30. The predicted molar refractivity (Wildman–Crippen MR) is 87.2 cm³/mol. The zero-order valence-corrected chi connectivity index (χ0v) is 13.4. The highest BCUT2D eigenvalue weighted by Gasteiger charge is 2.22. The molecule has 0 atom stereocenters. The van der Waals surface area contributed by atoms with Crippen molar-refractivity contribution in [2.75, 3.05) is 43.5 Å². The molecular formula is C14H17ClN6O2. The molecule has 8 nitrogen and oxygen atoms in total. The Morgan fingerprint density at radius 1 is 1.35 bits per heavy atom. The fourth-order valence-electron chi connectivity index (χ4n) is 2.36. The third-order valence-electron chi connectivity index (χ3n) is 3.61. The topological polar surface area (TPSA) is 86.4 Å². The Kier molecular flexibility index (Phi) is 4.52. The van der Waals surface area contributed by atoms with Crippen LogP contribution in [0.25, 0.3) is 0 Å². The number of ether oxygens (including phenoxy) is 1. The van der Waals surface area contributed by atoms with Crippen molar-refractivity contribution in [1.82, 2.24) is 20.1 Å². The van der Waals surface area contributed by atoms with Crippen LogP contribution < -0.4 is 15.0 Å². The number of nitrogens with one attached hydrogen (secondary N) is 2. The van der Waals surface area contributed by atoms with Crippen molar-refractivity contribution in [2.45, 2.75) is 0 Å². The van der Waals surface area contributed by atoms with E-state index in [1.165, 1.54) is 7.11 Å². The van der Waals surface area contributed by atoms with E-state index < -0.39 is 0 Å². The van der Waals surface area contributed by atoms with Crippen LogP contribution in [0.3, 0.4) is 0 Å². The lowest BCUT2D eigenvalue weighted by Crippen LogP contribution is -2.50. The van der Waals surface area contributed by atoms with Crippen molar-refractivity contribution in [1.29, 1.82) is 0 Å². The summed E-state index contributed by atoms with van der Waals surface area (Å²) in [6.07, 6.45) is 1.63. The van der Waals surface area contributed by atoms with E-state index in [0.29, 0.717) is 42.9 Å². The van der Waals surface area contributed by atoms with E-state index in [1.54, 1.807) is 17.2 Å². The van der Waals surface area contributed by atoms with Crippen LogP contribution in [0.2, 0.25) is 5.02 Å². The number of aromatic nitrogens is 3. The molecule has 0 unspecified atom stereocenters. The first-order chi connectivity index (χ1) is 11.2. The smallest absolute Gasteiger partial charge is 0.323 e. The Labute approximate surface area is 138 Å². The molecule has 23 heavy (non-hydrogen) atoms. The van der Waals surface area contributed by atoms with Crippen molar-refractivity contribution in [3.05, 3.63) is 29.4 Å². The normalized spacial score (nSPS) is 14.7. The Hall–Kier alpha value is -2.48. The van der Waals surface area contributed by atoms with Crippen LogP contribution >= 0.6 is 11.6 Å². The molecule has 3 rings (SSSR count). The number of methoxy groups -OCH3 is 1. The van der Waals surface area contributed by atoms with Gasteiger partial charge in [-0.25, -0.2) is 9.78 Å². The van der Waals surface area contributed by atoms with E-state index in [1.807, 2.05) is 12.1 Å². The fraction of sp³-hybridized carbons (Fsp3) is 0.357. The molecule has 0 radical (unpaired) electrons. The van der Waals surface area contributed by atoms with Gasteiger partial charge in [0.25, 0.3) is 0 Å². The summed E-state index contributed by atoms with van der Waals surface area (Å²) in [5.41, 5.74) is 0. The molecule has 1 saturated heterocycles. The number of halogens is 1. The van der Waals surface area contributed by atoms with E-state index in [-0.39, 0.29) is 6.03 Å². The van der Waals surface area contributed by atoms with Gasteiger partial charge in [-0.05, 0) is 12.1 Å².